The lowest BCUT2D eigenvalue weighted by atomic mass is 10.2. The third-order valence-corrected chi connectivity index (χ3v) is 5.26. The molecule has 1 aromatic carbocycles. The number of alkyl halides is 3. The van der Waals surface area contributed by atoms with Crippen molar-refractivity contribution >= 4 is 22.8 Å². The minimum absolute atomic E-state index is 0.117. The second-order valence-corrected chi connectivity index (χ2v) is 7.14. The van der Waals surface area contributed by atoms with E-state index >= 15 is 0 Å². The first kappa shape index (κ1) is 19.5. The molecule has 2 aromatic heterocycles. The molecular weight excluding hydrogens is 411 g/mol. The molecule has 11 heteroatoms. The number of aromatic nitrogens is 3. The number of H-pyrrole nitrogens is 1. The number of aromatic amines is 1. The Balaban J connectivity index is 1.57. The van der Waals surface area contributed by atoms with Crippen LogP contribution in [-0.4, -0.2) is 41.6 Å². The predicted octanol–water partition coefficient (Wildman–Crippen LogP) is 4.24. The van der Waals surface area contributed by atoms with Crippen molar-refractivity contribution < 1.29 is 32.1 Å². The van der Waals surface area contributed by atoms with Gasteiger partial charge in [0, 0.05) is 23.4 Å². The van der Waals surface area contributed by atoms with Gasteiger partial charge in [0.1, 0.15) is 0 Å². The Labute approximate surface area is 167 Å². The number of ether oxygens (including phenoxy) is 4. The number of halogens is 3. The average molecular weight is 427 g/mol. The topological polar surface area (TPSA) is 78.5 Å². The molecule has 0 saturated carbocycles. The minimum Gasteiger partial charge on any atom is -0.492 e. The maximum absolute atomic E-state index is 13.4. The number of pyridine rings is 1. The van der Waals surface area contributed by atoms with Crippen molar-refractivity contribution in [2.45, 2.75) is 30.3 Å². The lowest BCUT2D eigenvalue weighted by molar-refractivity contribution is -0.281. The molecule has 0 bridgehead atoms. The van der Waals surface area contributed by atoms with Gasteiger partial charge in [0.25, 0.3) is 0 Å². The molecule has 0 saturated heterocycles. The molecule has 29 heavy (non-hydrogen) atoms. The monoisotopic (exact) mass is 427 g/mol. The number of nitrogens with one attached hydrogen (secondary N) is 1. The first-order chi connectivity index (χ1) is 13.8. The minimum atomic E-state index is -4.05. The van der Waals surface area contributed by atoms with E-state index in [9.17, 15) is 13.2 Å². The third-order valence-electron chi connectivity index (χ3n) is 4.37. The molecule has 0 fully saturated rings. The Morgan fingerprint density at radius 1 is 1.24 bits per heavy atom. The molecule has 1 atom stereocenters. The summed E-state index contributed by atoms with van der Waals surface area (Å²) in [6.45, 7) is 1.87. The number of rotatable bonds is 5. The van der Waals surface area contributed by atoms with Gasteiger partial charge >= 0.3 is 12.5 Å². The van der Waals surface area contributed by atoms with Gasteiger partial charge in [0.2, 0.25) is 0 Å². The van der Waals surface area contributed by atoms with Crippen molar-refractivity contribution in [1.82, 2.24) is 15.0 Å². The van der Waals surface area contributed by atoms with Crippen LogP contribution in [0, 0.1) is 6.92 Å². The van der Waals surface area contributed by atoms with E-state index in [0.717, 1.165) is 11.3 Å². The highest BCUT2D eigenvalue weighted by Gasteiger charge is 2.49. The first-order valence-electron chi connectivity index (χ1n) is 8.43. The van der Waals surface area contributed by atoms with Gasteiger partial charge in [-0.2, -0.15) is 13.2 Å². The van der Waals surface area contributed by atoms with Gasteiger partial charge in [-0.15, -0.1) is 0 Å². The van der Waals surface area contributed by atoms with Crippen LogP contribution in [0.1, 0.15) is 11.3 Å². The second-order valence-electron chi connectivity index (χ2n) is 6.18. The van der Waals surface area contributed by atoms with Crippen molar-refractivity contribution in [1.29, 1.82) is 0 Å². The molecule has 1 unspecified atom stereocenters. The van der Waals surface area contributed by atoms with Crippen LogP contribution in [0.5, 0.6) is 23.0 Å². The van der Waals surface area contributed by atoms with Crippen LogP contribution in [0.2, 0.25) is 0 Å². The Hall–Kier alpha value is -2.82. The van der Waals surface area contributed by atoms with E-state index in [2.05, 4.69) is 24.4 Å². The normalized spacial score (nSPS) is 17.4. The zero-order chi connectivity index (χ0) is 20.8. The van der Waals surface area contributed by atoms with Crippen molar-refractivity contribution in [3.8, 4) is 23.0 Å². The van der Waals surface area contributed by atoms with E-state index in [0.29, 0.717) is 33.4 Å². The number of hydrogen-bond acceptors (Lipinski definition) is 7. The fourth-order valence-corrected chi connectivity index (χ4v) is 3.81. The van der Waals surface area contributed by atoms with Gasteiger partial charge in [-0.3, -0.25) is 4.98 Å². The smallest absolute Gasteiger partial charge is 0.468 e. The highest BCUT2D eigenvalue weighted by Crippen LogP contribution is 2.42. The summed E-state index contributed by atoms with van der Waals surface area (Å²) < 4.78 is 59.7. The van der Waals surface area contributed by atoms with Gasteiger partial charge in [-0.1, -0.05) is 11.8 Å². The maximum Gasteiger partial charge on any atom is 0.468 e. The van der Waals surface area contributed by atoms with Gasteiger partial charge in [-0.05, 0) is 6.92 Å². The Kier molecular flexibility index (Phi) is 4.85. The van der Waals surface area contributed by atoms with Crippen LogP contribution in [0.4, 0.5) is 13.2 Å². The first-order valence-corrected chi connectivity index (χ1v) is 9.41. The van der Waals surface area contributed by atoms with E-state index in [1.807, 2.05) is 6.92 Å². The Morgan fingerprint density at radius 3 is 2.76 bits per heavy atom. The fourth-order valence-electron chi connectivity index (χ4n) is 2.90. The molecule has 1 aliphatic heterocycles. The van der Waals surface area contributed by atoms with Crippen molar-refractivity contribution in [3.63, 3.8) is 0 Å². The van der Waals surface area contributed by atoms with Crippen LogP contribution in [0.3, 0.4) is 0 Å². The Bertz CT molecular complexity index is 1080. The summed E-state index contributed by atoms with van der Waals surface area (Å²) >= 11 is 1.36. The van der Waals surface area contributed by atoms with Crippen molar-refractivity contribution in [2.24, 2.45) is 0 Å². The van der Waals surface area contributed by atoms with Gasteiger partial charge in [-0.25, -0.2) is 4.98 Å². The average Bonchev–Trinajstić information content (AvgIpc) is 3.07. The predicted molar refractivity (Wildman–Crippen MR) is 98.8 cm³/mol. The van der Waals surface area contributed by atoms with Crippen LogP contribution in [0.15, 0.2) is 23.5 Å². The van der Waals surface area contributed by atoms with E-state index in [-0.39, 0.29) is 11.5 Å². The number of nitrogens with zero attached hydrogens (tertiary/aromatic N) is 2. The largest absolute Gasteiger partial charge is 0.492 e. The maximum atomic E-state index is 13.4. The molecular formula is C18H16F3N3O4S. The lowest BCUT2D eigenvalue weighted by Crippen LogP contribution is -2.43. The number of thioether (sulfide) groups is 1. The van der Waals surface area contributed by atoms with Crippen LogP contribution >= 0.6 is 11.8 Å². The molecule has 1 aliphatic rings. The fraction of sp³-hybridized carbons (Fsp3) is 0.333. The van der Waals surface area contributed by atoms with Gasteiger partial charge in [0.15, 0.2) is 28.2 Å². The SMILES string of the molecule is COc1cnc(CSc2nc3cc4c(cc3[nH]2)OC(F)C(F)(F)O4)c(C)c1OC. The molecule has 3 aromatic rings. The number of fused-ring (bicyclic) bond motifs is 2. The summed E-state index contributed by atoms with van der Waals surface area (Å²) in [4.78, 5) is 11.8. The van der Waals surface area contributed by atoms with Gasteiger partial charge < -0.3 is 23.9 Å². The molecule has 3 heterocycles. The highest BCUT2D eigenvalue weighted by atomic mass is 32.2. The number of imidazole rings is 1. The van der Waals surface area contributed by atoms with Crippen molar-refractivity contribution in [2.75, 3.05) is 14.2 Å². The zero-order valence-corrected chi connectivity index (χ0v) is 16.4. The van der Waals surface area contributed by atoms with E-state index < -0.39 is 12.5 Å². The zero-order valence-electron chi connectivity index (χ0n) is 15.6. The third kappa shape index (κ3) is 3.50. The lowest BCUT2D eigenvalue weighted by Gasteiger charge is -2.28. The molecule has 1 N–H and O–H groups in total. The quantitative estimate of drug-likeness (QED) is 0.611. The molecule has 0 aliphatic carbocycles. The molecule has 0 radical (unpaired) electrons. The molecule has 7 nitrogen and oxygen atoms in total. The molecule has 4 rings (SSSR count). The molecule has 154 valence electrons. The summed E-state index contributed by atoms with van der Waals surface area (Å²) in [6, 6.07) is 2.66. The van der Waals surface area contributed by atoms with Crippen LogP contribution in [-0.2, 0) is 5.75 Å². The standard InChI is InChI=1S/C18H16F3N3O4S/c1-8-11(22-6-14(25-2)15(8)26-3)7-29-17-23-9-4-12-13(5-10(9)24-17)28-18(20,21)16(19)27-12/h4-6,16H,7H2,1-3H3,(H,23,24). The number of benzene rings is 1. The van der Waals surface area contributed by atoms with Crippen molar-refractivity contribution in [3.05, 3.63) is 29.6 Å². The number of hydrogen-bond donors (Lipinski definition) is 1. The number of methoxy groups -OCH3 is 2. The summed E-state index contributed by atoms with van der Waals surface area (Å²) in [5, 5.41) is 0.530. The van der Waals surface area contributed by atoms with E-state index in [1.54, 1.807) is 13.3 Å². The molecule has 0 spiro atoms. The summed E-state index contributed by atoms with van der Waals surface area (Å²) in [5.41, 5.74) is 2.51. The highest BCUT2D eigenvalue weighted by molar-refractivity contribution is 7.98. The summed E-state index contributed by atoms with van der Waals surface area (Å²) in [6.07, 6.45) is -5.34. The Morgan fingerprint density at radius 2 is 2.03 bits per heavy atom. The summed E-state index contributed by atoms with van der Waals surface area (Å²) in [5.74, 6) is 1.23. The van der Waals surface area contributed by atoms with E-state index in [1.165, 1.54) is 31.0 Å². The van der Waals surface area contributed by atoms with Gasteiger partial charge in [0.05, 0.1) is 37.1 Å². The van der Waals surface area contributed by atoms with Crippen LogP contribution < -0.4 is 18.9 Å². The van der Waals surface area contributed by atoms with Crippen LogP contribution in [0.25, 0.3) is 11.0 Å². The molecule has 0 amide bonds. The summed E-state index contributed by atoms with van der Waals surface area (Å²) in [7, 11) is 3.09. The second kappa shape index (κ2) is 7.21. The van der Waals surface area contributed by atoms with E-state index in [4.69, 9.17) is 9.47 Å².